The smallest absolute Gasteiger partial charge is 0.257 e. The molecule has 0 radical (unpaired) electrons. The Bertz CT molecular complexity index is 718. The molecule has 0 aliphatic carbocycles. The summed E-state index contributed by atoms with van der Waals surface area (Å²) in [7, 11) is 0. The van der Waals surface area contributed by atoms with Crippen LogP contribution < -0.4 is 10.1 Å². The van der Waals surface area contributed by atoms with E-state index in [1.165, 1.54) is 24.2 Å². The second-order valence-electron chi connectivity index (χ2n) is 5.44. The highest BCUT2D eigenvalue weighted by Gasteiger charge is 2.16. The summed E-state index contributed by atoms with van der Waals surface area (Å²) in [4.78, 5) is 12.4. The molecule has 0 saturated heterocycles. The van der Waals surface area contributed by atoms with Crippen LogP contribution in [0.15, 0.2) is 16.5 Å². The standard InChI is InChI=1S/C17H21Cl2N3O2S2/c1-3-5-6-7-8-24-14-12(18)9-11(10-13(14)19)15(23)20-16-21-22-17(26-16)25-4-2/h9-10H,3-8H2,1-2H3,(H,20,21,23). The quantitative estimate of drug-likeness (QED) is 0.275. The fourth-order valence-corrected chi connectivity index (χ4v) is 4.38. The number of rotatable bonds is 10. The lowest BCUT2D eigenvalue weighted by Crippen LogP contribution is -2.12. The third-order valence-corrected chi connectivity index (χ3v) is 5.82. The fraction of sp³-hybridized carbons (Fsp3) is 0.471. The highest BCUT2D eigenvalue weighted by molar-refractivity contribution is 8.01. The molecule has 5 nitrogen and oxygen atoms in total. The first kappa shape index (κ1) is 21.3. The Kier molecular flexibility index (Phi) is 8.98. The van der Waals surface area contributed by atoms with E-state index in [1.54, 1.807) is 23.9 Å². The van der Waals surface area contributed by atoms with Crippen molar-refractivity contribution >= 4 is 57.3 Å². The number of hydrogen-bond acceptors (Lipinski definition) is 6. The molecule has 0 saturated carbocycles. The maximum Gasteiger partial charge on any atom is 0.257 e. The largest absolute Gasteiger partial charge is 0.490 e. The minimum atomic E-state index is -0.340. The summed E-state index contributed by atoms with van der Waals surface area (Å²) in [6.07, 6.45) is 4.39. The monoisotopic (exact) mass is 433 g/mol. The maximum absolute atomic E-state index is 12.4. The van der Waals surface area contributed by atoms with Crippen molar-refractivity contribution in [2.24, 2.45) is 0 Å². The Hall–Kier alpha value is -1.02. The van der Waals surface area contributed by atoms with Crippen molar-refractivity contribution in [3.8, 4) is 5.75 Å². The Labute approximate surface area is 171 Å². The van der Waals surface area contributed by atoms with Gasteiger partial charge in [0, 0.05) is 5.56 Å². The van der Waals surface area contributed by atoms with Gasteiger partial charge in [-0.15, -0.1) is 10.2 Å². The van der Waals surface area contributed by atoms with Crippen LogP contribution in [0.1, 0.15) is 49.9 Å². The van der Waals surface area contributed by atoms with Crippen molar-refractivity contribution in [2.75, 3.05) is 17.7 Å². The van der Waals surface area contributed by atoms with Gasteiger partial charge in [-0.3, -0.25) is 10.1 Å². The number of aromatic nitrogens is 2. The summed E-state index contributed by atoms with van der Waals surface area (Å²) in [6.45, 7) is 4.74. The maximum atomic E-state index is 12.4. The molecule has 1 heterocycles. The Morgan fingerprint density at radius 1 is 1.19 bits per heavy atom. The number of halogens is 2. The normalized spacial score (nSPS) is 10.8. The molecule has 0 atom stereocenters. The molecule has 0 aliphatic rings. The Balaban J connectivity index is 1.99. The van der Waals surface area contributed by atoms with Gasteiger partial charge in [0.05, 0.1) is 16.7 Å². The van der Waals surface area contributed by atoms with Gasteiger partial charge in [0.2, 0.25) is 5.13 Å². The summed E-state index contributed by atoms with van der Waals surface area (Å²) in [5.74, 6) is 0.972. The number of nitrogens with one attached hydrogen (secondary N) is 1. The second-order valence-corrected chi connectivity index (χ2v) is 8.74. The van der Waals surface area contributed by atoms with Crippen molar-refractivity contribution in [3.05, 3.63) is 27.7 Å². The summed E-state index contributed by atoms with van der Waals surface area (Å²) < 4.78 is 6.49. The zero-order valence-electron chi connectivity index (χ0n) is 14.7. The van der Waals surface area contributed by atoms with E-state index in [0.29, 0.717) is 33.1 Å². The summed E-state index contributed by atoms with van der Waals surface area (Å²) in [5, 5.41) is 11.7. The molecule has 1 N–H and O–H groups in total. The van der Waals surface area contributed by atoms with Crippen molar-refractivity contribution in [3.63, 3.8) is 0 Å². The van der Waals surface area contributed by atoms with Gasteiger partial charge in [0.25, 0.3) is 5.91 Å². The topological polar surface area (TPSA) is 64.1 Å². The van der Waals surface area contributed by atoms with Crippen LogP contribution in [-0.2, 0) is 0 Å². The first-order chi connectivity index (χ1) is 12.5. The molecule has 2 aromatic rings. The van der Waals surface area contributed by atoms with Gasteiger partial charge >= 0.3 is 0 Å². The van der Waals surface area contributed by atoms with Crippen LogP contribution >= 0.6 is 46.3 Å². The van der Waals surface area contributed by atoms with Crippen LogP contribution in [0.5, 0.6) is 5.75 Å². The molecule has 142 valence electrons. The second kappa shape index (κ2) is 11.0. The summed E-state index contributed by atoms with van der Waals surface area (Å²) in [5.41, 5.74) is 0.346. The SMILES string of the molecule is CCCCCCOc1c(Cl)cc(C(=O)Nc2nnc(SCC)s2)cc1Cl. The zero-order valence-corrected chi connectivity index (χ0v) is 17.8. The van der Waals surface area contributed by atoms with E-state index >= 15 is 0 Å². The van der Waals surface area contributed by atoms with Crippen LogP contribution in [0.2, 0.25) is 10.0 Å². The molecule has 0 spiro atoms. The highest BCUT2D eigenvalue weighted by Crippen LogP contribution is 2.35. The lowest BCUT2D eigenvalue weighted by molar-refractivity contribution is 0.102. The Morgan fingerprint density at radius 2 is 1.92 bits per heavy atom. The number of thioether (sulfide) groups is 1. The summed E-state index contributed by atoms with van der Waals surface area (Å²) in [6, 6.07) is 3.10. The van der Waals surface area contributed by atoms with Crippen molar-refractivity contribution < 1.29 is 9.53 Å². The fourth-order valence-electron chi connectivity index (χ4n) is 2.14. The molecule has 26 heavy (non-hydrogen) atoms. The number of carbonyl (C=O) groups is 1. The molecule has 9 heteroatoms. The van der Waals surface area contributed by atoms with Gasteiger partial charge in [0.1, 0.15) is 0 Å². The number of hydrogen-bond donors (Lipinski definition) is 1. The lowest BCUT2D eigenvalue weighted by Gasteiger charge is -2.11. The average Bonchev–Trinajstić information content (AvgIpc) is 3.04. The predicted molar refractivity (Wildman–Crippen MR) is 110 cm³/mol. The number of anilines is 1. The predicted octanol–water partition coefficient (Wildman–Crippen LogP) is 6.17. The first-order valence-corrected chi connectivity index (χ1v) is 11.0. The molecular weight excluding hydrogens is 413 g/mol. The number of ether oxygens (including phenoxy) is 1. The molecule has 1 amide bonds. The third-order valence-electron chi connectivity index (χ3n) is 3.40. The van der Waals surface area contributed by atoms with Gasteiger partial charge in [0.15, 0.2) is 10.1 Å². The lowest BCUT2D eigenvalue weighted by atomic mass is 10.2. The van der Waals surface area contributed by atoms with E-state index in [1.807, 2.05) is 6.92 Å². The number of benzene rings is 1. The first-order valence-electron chi connectivity index (χ1n) is 8.44. The van der Waals surface area contributed by atoms with Crippen molar-refractivity contribution in [2.45, 2.75) is 43.9 Å². The molecule has 0 fully saturated rings. The van der Waals surface area contributed by atoms with Gasteiger partial charge in [-0.2, -0.15) is 0 Å². The number of unbranched alkanes of at least 4 members (excludes halogenated alkanes) is 3. The van der Waals surface area contributed by atoms with E-state index in [-0.39, 0.29) is 5.91 Å². The van der Waals surface area contributed by atoms with Crippen LogP contribution in [0.3, 0.4) is 0 Å². The minimum Gasteiger partial charge on any atom is -0.490 e. The minimum absolute atomic E-state index is 0.317. The average molecular weight is 434 g/mol. The molecule has 1 aromatic carbocycles. The van der Waals surface area contributed by atoms with E-state index in [9.17, 15) is 4.79 Å². The van der Waals surface area contributed by atoms with Gasteiger partial charge in [-0.1, -0.05) is 79.4 Å². The van der Waals surface area contributed by atoms with Crippen molar-refractivity contribution in [1.82, 2.24) is 10.2 Å². The molecular formula is C17H21Cl2N3O2S2. The zero-order chi connectivity index (χ0) is 18.9. The molecule has 0 bridgehead atoms. The molecule has 0 aliphatic heterocycles. The van der Waals surface area contributed by atoms with Crippen LogP contribution in [0.25, 0.3) is 0 Å². The molecule has 0 unspecified atom stereocenters. The van der Waals surface area contributed by atoms with E-state index < -0.39 is 0 Å². The van der Waals surface area contributed by atoms with Gasteiger partial charge < -0.3 is 4.74 Å². The van der Waals surface area contributed by atoms with E-state index in [0.717, 1.165) is 22.9 Å². The third kappa shape index (κ3) is 6.30. The summed E-state index contributed by atoms with van der Waals surface area (Å²) >= 11 is 15.4. The molecule has 1 aromatic heterocycles. The van der Waals surface area contributed by atoms with Crippen LogP contribution in [-0.4, -0.2) is 28.5 Å². The van der Waals surface area contributed by atoms with Gasteiger partial charge in [-0.05, 0) is 24.3 Å². The number of carbonyl (C=O) groups excluding carboxylic acids is 1. The van der Waals surface area contributed by atoms with Crippen LogP contribution in [0, 0.1) is 0 Å². The van der Waals surface area contributed by atoms with E-state index in [4.69, 9.17) is 27.9 Å². The highest BCUT2D eigenvalue weighted by atomic mass is 35.5. The van der Waals surface area contributed by atoms with Crippen molar-refractivity contribution in [1.29, 1.82) is 0 Å². The molecule has 2 rings (SSSR count). The number of nitrogens with zero attached hydrogens (tertiary/aromatic N) is 2. The Morgan fingerprint density at radius 3 is 2.58 bits per heavy atom. The van der Waals surface area contributed by atoms with Crippen LogP contribution in [0.4, 0.5) is 5.13 Å². The van der Waals surface area contributed by atoms with Gasteiger partial charge in [-0.25, -0.2) is 0 Å². The van der Waals surface area contributed by atoms with E-state index in [2.05, 4.69) is 22.4 Å². The number of amides is 1.